The van der Waals surface area contributed by atoms with Crippen molar-refractivity contribution in [2.75, 3.05) is 19.8 Å². The first-order valence-electron chi connectivity index (χ1n) is 3.26. The molecule has 0 saturated carbocycles. The maximum absolute atomic E-state index is 11.1. The second-order valence-corrected chi connectivity index (χ2v) is 5.18. The Kier molecular flexibility index (Phi) is 3.31. The summed E-state index contributed by atoms with van der Waals surface area (Å²) >= 11 is 0. The Morgan fingerprint density at radius 3 is 1.80 bits per heavy atom. The van der Waals surface area contributed by atoms with Crippen molar-refractivity contribution >= 4 is 10.0 Å². The molecule has 0 unspecified atom stereocenters. The summed E-state index contributed by atoms with van der Waals surface area (Å²) in [6.45, 7) is 3.78. The van der Waals surface area contributed by atoms with E-state index in [1.807, 2.05) is 13.8 Å². The van der Waals surface area contributed by atoms with E-state index in [-0.39, 0.29) is 11.7 Å². The maximum Gasteiger partial charge on any atom is 0.213 e. The Morgan fingerprint density at radius 2 is 1.70 bits per heavy atom. The van der Waals surface area contributed by atoms with Gasteiger partial charge in [0.25, 0.3) is 0 Å². The SMILES string of the molecule is CC(C)CS(=O)(=O)N(C)C. The summed E-state index contributed by atoms with van der Waals surface area (Å²) in [5, 5.41) is 0. The zero-order chi connectivity index (χ0) is 8.36. The standard InChI is InChI=1S/C6H15NO2S/c1-6(2)5-10(8,9)7(3)4/h6H,5H2,1-4H3. The molecule has 0 aliphatic rings. The van der Waals surface area contributed by atoms with Crippen LogP contribution in [0.4, 0.5) is 0 Å². The molecule has 0 atom stereocenters. The van der Waals surface area contributed by atoms with Gasteiger partial charge in [0, 0.05) is 14.1 Å². The first-order valence-corrected chi connectivity index (χ1v) is 4.87. The normalized spacial score (nSPS) is 13.0. The highest BCUT2D eigenvalue weighted by Crippen LogP contribution is 2.01. The summed E-state index contributed by atoms with van der Waals surface area (Å²) in [5.74, 6) is 0.437. The van der Waals surface area contributed by atoms with Crippen LogP contribution in [0.3, 0.4) is 0 Å². The molecular weight excluding hydrogens is 150 g/mol. The summed E-state index contributed by atoms with van der Waals surface area (Å²) in [6, 6.07) is 0. The van der Waals surface area contributed by atoms with Crippen molar-refractivity contribution in [3.05, 3.63) is 0 Å². The van der Waals surface area contributed by atoms with Crippen molar-refractivity contribution in [2.24, 2.45) is 5.92 Å². The topological polar surface area (TPSA) is 37.4 Å². The molecule has 0 radical (unpaired) electrons. The Balaban J connectivity index is 4.16. The lowest BCUT2D eigenvalue weighted by Gasteiger charge is -2.12. The molecule has 62 valence electrons. The Morgan fingerprint density at radius 1 is 1.30 bits per heavy atom. The highest BCUT2D eigenvalue weighted by atomic mass is 32.2. The molecule has 0 heterocycles. The molecule has 10 heavy (non-hydrogen) atoms. The molecule has 0 fully saturated rings. The van der Waals surface area contributed by atoms with Crippen LogP contribution in [-0.4, -0.2) is 32.6 Å². The molecule has 0 spiro atoms. The minimum atomic E-state index is -2.96. The third-order valence-electron chi connectivity index (χ3n) is 1.10. The molecule has 0 amide bonds. The van der Waals surface area contributed by atoms with E-state index in [2.05, 4.69) is 0 Å². The molecule has 0 bridgehead atoms. The molecule has 0 aliphatic heterocycles. The van der Waals surface area contributed by atoms with Crippen LogP contribution in [0.15, 0.2) is 0 Å². The van der Waals surface area contributed by atoms with E-state index in [4.69, 9.17) is 0 Å². The van der Waals surface area contributed by atoms with Crippen molar-refractivity contribution in [1.29, 1.82) is 0 Å². The lowest BCUT2D eigenvalue weighted by atomic mass is 10.3. The molecule has 0 saturated heterocycles. The number of sulfonamides is 1. The van der Waals surface area contributed by atoms with E-state index in [1.165, 1.54) is 4.31 Å². The highest BCUT2D eigenvalue weighted by molar-refractivity contribution is 7.89. The Hall–Kier alpha value is -0.0900. The minimum absolute atomic E-state index is 0.201. The molecule has 4 heteroatoms. The predicted molar refractivity (Wildman–Crippen MR) is 42.3 cm³/mol. The fraction of sp³-hybridized carbons (Fsp3) is 1.00. The van der Waals surface area contributed by atoms with Gasteiger partial charge in [-0.05, 0) is 5.92 Å². The van der Waals surface area contributed by atoms with Gasteiger partial charge < -0.3 is 0 Å². The lowest BCUT2D eigenvalue weighted by molar-refractivity contribution is 0.510. The van der Waals surface area contributed by atoms with Crippen LogP contribution in [0, 0.1) is 5.92 Å². The van der Waals surface area contributed by atoms with Crippen LogP contribution in [-0.2, 0) is 10.0 Å². The second-order valence-electron chi connectivity index (χ2n) is 2.95. The van der Waals surface area contributed by atoms with Gasteiger partial charge in [0.2, 0.25) is 10.0 Å². The summed E-state index contributed by atoms with van der Waals surface area (Å²) in [6.07, 6.45) is 0. The maximum atomic E-state index is 11.1. The van der Waals surface area contributed by atoms with Crippen molar-refractivity contribution in [1.82, 2.24) is 4.31 Å². The van der Waals surface area contributed by atoms with Gasteiger partial charge in [0.05, 0.1) is 5.75 Å². The van der Waals surface area contributed by atoms with Crippen LogP contribution < -0.4 is 0 Å². The molecule has 0 aliphatic carbocycles. The average Bonchev–Trinajstić information content (AvgIpc) is 1.60. The zero-order valence-corrected chi connectivity index (χ0v) is 7.77. The average molecular weight is 165 g/mol. The van der Waals surface area contributed by atoms with Gasteiger partial charge in [-0.25, -0.2) is 12.7 Å². The number of nitrogens with zero attached hydrogens (tertiary/aromatic N) is 1. The van der Waals surface area contributed by atoms with Gasteiger partial charge in [-0.3, -0.25) is 0 Å². The highest BCUT2D eigenvalue weighted by Gasteiger charge is 2.14. The third-order valence-corrected chi connectivity index (χ3v) is 3.30. The molecule has 0 rings (SSSR count). The molecule has 0 aromatic rings. The van der Waals surface area contributed by atoms with Gasteiger partial charge >= 0.3 is 0 Å². The smallest absolute Gasteiger partial charge is 0.212 e. The van der Waals surface area contributed by atoms with Crippen LogP contribution in [0.1, 0.15) is 13.8 Å². The predicted octanol–water partition coefficient (Wildman–Crippen LogP) is 0.534. The van der Waals surface area contributed by atoms with E-state index in [0.29, 0.717) is 0 Å². The van der Waals surface area contributed by atoms with E-state index < -0.39 is 10.0 Å². The molecule has 0 aromatic carbocycles. The summed E-state index contributed by atoms with van der Waals surface area (Å²) in [4.78, 5) is 0. The Labute approximate surface area is 63.1 Å². The first-order chi connectivity index (χ1) is 4.36. The van der Waals surface area contributed by atoms with Crippen LogP contribution in [0.5, 0.6) is 0 Å². The van der Waals surface area contributed by atoms with E-state index in [0.717, 1.165) is 0 Å². The number of hydrogen-bond acceptors (Lipinski definition) is 2. The van der Waals surface area contributed by atoms with Crippen molar-refractivity contribution in [3.63, 3.8) is 0 Å². The molecule has 0 N–H and O–H groups in total. The van der Waals surface area contributed by atoms with E-state index in [9.17, 15) is 8.42 Å². The van der Waals surface area contributed by atoms with Crippen molar-refractivity contribution in [3.8, 4) is 0 Å². The summed E-state index contributed by atoms with van der Waals surface area (Å²) in [7, 11) is 0.142. The largest absolute Gasteiger partial charge is 0.213 e. The fourth-order valence-electron chi connectivity index (χ4n) is 0.570. The van der Waals surface area contributed by atoms with Gasteiger partial charge in [-0.2, -0.15) is 0 Å². The number of rotatable bonds is 3. The lowest BCUT2D eigenvalue weighted by Crippen LogP contribution is -2.27. The van der Waals surface area contributed by atoms with Crippen LogP contribution >= 0.6 is 0 Å². The summed E-state index contributed by atoms with van der Waals surface area (Å²) < 4.78 is 23.4. The molecular formula is C6H15NO2S. The number of hydrogen-bond donors (Lipinski definition) is 0. The molecule has 3 nitrogen and oxygen atoms in total. The second kappa shape index (κ2) is 3.34. The van der Waals surface area contributed by atoms with Crippen molar-refractivity contribution in [2.45, 2.75) is 13.8 Å². The Bertz CT molecular complexity index is 182. The van der Waals surface area contributed by atoms with Crippen molar-refractivity contribution < 1.29 is 8.42 Å². The quantitative estimate of drug-likeness (QED) is 0.612. The van der Waals surface area contributed by atoms with Gasteiger partial charge in [-0.15, -0.1) is 0 Å². The summed E-state index contributed by atoms with van der Waals surface area (Å²) in [5.41, 5.74) is 0. The molecule has 0 aromatic heterocycles. The van der Waals surface area contributed by atoms with Gasteiger partial charge in [0.15, 0.2) is 0 Å². The van der Waals surface area contributed by atoms with Gasteiger partial charge in [0.1, 0.15) is 0 Å². The third kappa shape index (κ3) is 3.17. The van der Waals surface area contributed by atoms with E-state index in [1.54, 1.807) is 14.1 Å². The minimum Gasteiger partial charge on any atom is -0.212 e. The first kappa shape index (κ1) is 9.91. The van der Waals surface area contributed by atoms with Gasteiger partial charge in [-0.1, -0.05) is 13.8 Å². The van der Waals surface area contributed by atoms with Crippen LogP contribution in [0.25, 0.3) is 0 Å². The van der Waals surface area contributed by atoms with Crippen LogP contribution in [0.2, 0.25) is 0 Å². The monoisotopic (exact) mass is 165 g/mol. The van der Waals surface area contributed by atoms with E-state index >= 15 is 0 Å². The zero-order valence-electron chi connectivity index (χ0n) is 6.96. The fourth-order valence-corrected chi connectivity index (χ4v) is 1.71.